The van der Waals surface area contributed by atoms with Gasteiger partial charge in [0.2, 0.25) is 23.6 Å². The molecule has 10 nitrogen and oxygen atoms in total. The first-order valence-electron chi connectivity index (χ1n) is 9.42. The number of rotatable bonds is 5. The zero-order valence-corrected chi connectivity index (χ0v) is 19.2. The Morgan fingerprint density at radius 1 is 0.767 bits per heavy atom. The fourth-order valence-electron chi connectivity index (χ4n) is 3.57. The molecule has 30 heavy (non-hydrogen) atoms. The molecule has 0 radical (unpaired) electrons. The highest BCUT2D eigenvalue weighted by molar-refractivity contribution is 9.11. The molecule has 2 fully saturated rings. The molecule has 2 aliphatic rings. The van der Waals surface area contributed by atoms with E-state index in [0.29, 0.717) is 10.9 Å². The fraction of sp³-hybridized carbons (Fsp3) is 0.579. The van der Waals surface area contributed by atoms with Crippen LogP contribution in [0.2, 0.25) is 0 Å². The van der Waals surface area contributed by atoms with Crippen molar-refractivity contribution in [3.05, 3.63) is 11.1 Å². The van der Waals surface area contributed by atoms with Crippen molar-refractivity contribution in [2.45, 2.75) is 47.5 Å². The van der Waals surface area contributed by atoms with Crippen molar-refractivity contribution in [3.8, 4) is 0 Å². The molecule has 2 aliphatic heterocycles. The van der Waals surface area contributed by atoms with Crippen molar-refractivity contribution in [1.82, 2.24) is 21.3 Å². The topological polar surface area (TPSA) is 151 Å². The maximum absolute atomic E-state index is 11.9. The summed E-state index contributed by atoms with van der Waals surface area (Å²) in [5.74, 6) is -2.52. The van der Waals surface area contributed by atoms with Crippen LogP contribution in [0.5, 0.6) is 0 Å². The predicted octanol–water partition coefficient (Wildman–Crippen LogP) is 1.70. The maximum atomic E-state index is 11.9. The van der Waals surface area contributed by atoms with Gasteiger partial charge in [0.15, 0.2) is 0 Å². The molecule has 2 heterocycles. The number of carbonyl (C=O) groups excluding carboxylic acids is 6. The van der Waals surface area contributed by atoms with E-state index in [1.165, 1.54) is 0 Å². The van der Waals surface area contributed by atoms with Crippen LogP contribution in [0, 0.1) is 22.7 Å². The van der Waals surface area contributed by atoms with E-state index in [-0.39, 0.29) is 18.3 Å². The van der Waals surface area contributed by atoms with Gasteiger partial charge in [0.1, 0.15) is 10.8 Å². The zero-order valence-electron chi connectivity index (χ0n) is 17.6. The van der Waals surface area contributed by atoms with Crippen molar-refractivity contribution < 1.29 is 28.8 Å². The minimum atomic E-state index is -1.27. The molecule has 0 aromatic rings. The van der Waals surface area contributed by atoms with E-state index in [4.69, 9.17) is 0 Å². The van der Waals surface area contributed by atoms with Gasteiger partial charge in [-0.25, -0.2) is 9.59 Å². The van der Waals surface area contributed by atoms with E-state index < -0.39 is 46.5 Å². The highest BCUT2D eigenvalue weighted by atomic mass is 79.9. The van der Waals surface area contributed by atoms with Gasteiger partial charge in [-0.05, 0) is 22.7 Å². The number of imide groups is 4. The molecule has 2 saturated heterocycles. The molecular weight excluding hydrogens is 460 g/mol. The van der Waals surface area contributed by atoms with E-state index in [1.807, 2.05) is 0 Å². The van der Waals surface area contributed by atoms with Gasteiger partial charge in [-0.3, -0.25) is 40.4 Å². The van der Waals surface area contributed by atoms with E-state index in [9.17, 15) is 28.8 Å². The monoisotopic (exact) mass is 486 g/mol. The summed E-state index contributed by atoms with van der Waals surface area (Å²) in [7, 11) is 0. The standard InChI is InChI=1S/C10H13BrN2O3.C9H14N2O3/c1-5(2)10(4-6(3)11)7(14)12-9(16)13-8(10)15;1-4-9(5(2)3)6(12)10-8(14)11-7(9)13/h5H,3-4H2,1-2H3,(H2,12,13,14,15,16);5H,4H2,1-3H3,(H2,10,11,12,13,14). The second-order valence-corrected chi connectivity index (χ2v) is 8.90. The third-order valence-corrected chi connectivity index (χ3v) is 5.81. The lowest BCUT2D eigenvalue weighted by molar-refractivity contribution is -0.149. The van der Waals surface area contributed by atoms with Gasteiger partial charge >= 0.3 is 12.1 Å². The van der Waals surface area contributed by atoms with Crippen LogP contribution >= 0.6 is 15.9 Å². The molecule has 4 N–H and O–H groups in total. The van der Waals surface area contributed by atoms with Crippen LogP contribution in [0.4, 0.5) is 9.59 Å². The lowest BCUT2D eigenvalue weighted by Gasteiger charge is -2.36. The first-order valence-corrected chi connectivity index (χ1v) is 10.2. The Morgan fingerprint density at radius 3 is 1.30 bits per heavy atom. The summed E-state index contributed by atoms with van der Waals surface area (Å²) < 4.78 is 0.542. The first-order chi connectivity index (χ1) is 13.7. The quantitative estimate of drug-likeness (QED) is 0.434. The Labute approximate surface area is 183 Å². The molecule has 2 rings (SSSR count). The number of nitrogens with one attached hydrogen (secondary N) is 4. The predicted molar refractivity (Wildman–Crippen MR) is 111 cm³/mol. The van der Waals surface area contributed by atoms with Gasteiger partial charge in [0, 0.05) is 6.42 Å². The number of allylic oxidation sites excluding steroid dienone is 1. The highest BCUT2D eigenvalue weighted by Crippen LogP contribution is 2.38. The van der Waals surface area contributed by atoms with Crippen LogP contribution in [-0.2, 0) is 19.2 Å². The van der Waals surface area contributed by atoms with Crippen LogP contribution in [0.3, 0.4) is 0 Å². The number of urea groups is 2. The van der Waals surface area contributed by atoms with Crippen molar-refractivity contribution in [3.63, 3.8) is 0 Å². The van der Waals surface area contributed by atoms with E-state index in [2.05, 4.69) is 43.8 Å². The molecule has 166 valence electrons. The number of barbiturate groups is 2. The van der Waals surface area contributed by atoms with E-state index in [0.717, 1.165) is 0 Å². The molecular formula is C19H27BrN4O6. The second kappa shape index (κ2) is 9.50. The third-order valence-electron chi connectivity index (χ3n) is 5.53. The molecule has 11 heteroatoms. The largest absolute Gasteiger partial charge is 0.328 e. The Hall–Kier alpha value is -2.56. The number of amides is 8. The minimum absolute atomic E-state index is 0.138. The summed E-state index contributed by atoms with van der Waals surface area (Å²) >= 11 is 3.14. The van der Waals surface area contributed by atoms with Crippen molar-refractivity contribution in [1.29, 1.82) is 0 Å². The lowest BCUT2D eigenvalue weighted by Crippen LogP contribution is -2.64. The van der Waals surface area contributed by atoms with Gasteiger partial charge in [0.05, 0.1) is 0 Å². The molecule has 0 unspecified atom stereocenters. The Balaban J connectivity index is 0.000000303. The number of carbonyl (C=O) groups is 6. The Bertz CT molecular complexity index is 765. The summed E-state index contributed by atoms with van der Waals surface area (Å²) in [6, 6.07) is -1.50. The average Bonchev–Trinajstić information content (AvgIpc) is 2.58. The number of hydrogen-bond acceptors (Lipinski definition) is 6. The molecule has 0 aromatic carbocycles. The maximum Gasteiger partial charge on any atom is 0.328 e. The van der Waals surface area contributed by atoms with Crippen molar-refractivity contribution in [2.24, 2.45) is 22.7 Å². The van der Waals surface area contributed by atoms with Crippen LogP contribution in [0.25, 0.3) is 0 Å². The summed E-state index contributed by atoms with van der Waals surface area (Å²) in [6.07, 6.45) is 0.547. The molecule has 0 atom stereocenters. The lowest BCUT2D eigenvalue weighted by atomic mass is 9.72. The van der Waals surface area contributed by atoms with Gasteiger partial charge in [-0.1, -0.05) is 57.1 Å². The molecule has 0 spiro atoms. The Morgan fingerprint density at radius 2 is 1.07 bits per heavy atom. The van der Waals surface area contributed by atoms with E-state index >= 15 is 0 Å². The zero-order chi connectivity index (χ0) is 23.4. The van der Waals surface area contributed by atoms with Gasteiger partial charge in [0.25, 0.3) is 0 Å². The summed E-state index contributed by atoms with van der Waals surface area (Å²) in [5.41, 5.74) is -2.37. The first kappa shape index (κ1) is 25.5. The SMILES string of the molecule is C=C(Br)CC1(C(C)C)C(=O)NC(=O)NC1=O.CCC1(C(C)C)C(=O)NC(=O)NC1=O. The van der Waals surface area contributed by atoms with Crippen LogP contribution in [0.1, 0.15) is 47.5 Å². The minimum Gasteiger partial charge on any atom is -0.277 e. The second-order valence-electron chi connectivity index (χ2n) is 7.77. The fourth-order valence-corrected chi connectivity index (χ4v) is 4.01. The molecule has 0 aromatic heterocycles. The van der Waals surface area contributed by atoms with Gasteiger partial charge in [-0.2, -0.15) is 0 Å². The van der Waals surface area contributed by atoms with Crippen LogP contribution < -0.4 is 21.3 Å². The summed E-state index contributed by atoms with van der Waals surface area (Å²) in [6.45, 7) is 12.5. The summed E-state index contributed by atoms with van der Waals surface area (Å²) in [4.78, 5) is 68.8. The van der Waals surface area contributed by atoms with Gasteiger partial charge < -0.3 is 0 Å². The third kappa shape index (κ3) is 4.61. The smallest absolute Gasteiger partial charge is 0.277 e. The van der Waals surface area contributed by atoms with Crippen LogP contribution in [-0.4, -0.2) is 35.7 Å². The molecule has 0 aliphatic carbocycles. The van der Waals surface area contributed by atoms with Crippen molar-refractivity contribution >= 4 is 51.6 Å². The van der Waals surface area contributed by atoms with Crippen molar-refractivity contribution in [2.75, 3.05) is 0 Å². The molecule has 0 saturated carbocycles. The normalized spacial score (nSPS) is 20.0. The van der Waals surface area contributed by atoms with Crippen LogP contribution in [0.15, 0.2) is 11.1 Å². The summed E-state index contributed by atoms with van der Waals surface area (Å²) in [5, 5.41) is 8.48. The molecule has 0 bridgehead atoms. The average molecular weight is 487 g/mol. The number of halogens is 1. The Kier molecular flexibility index (Phi) is 8.07. The molecule has 8 amide bonds. The van der Waals surface area contributed by atoms with Gasteiger partial charge in [-0.15, -0.1) is 0 Å². The van der Waals surface area contributed by atoms with E-state index in [1.54, 1.807) is 34.6 Å². The number of hydrogen-bond donors (Lipinski definition) is 4. The highest BCUT2D eigenvalue weighted by Gasteiger charge is 2.52.